The van der Waals surface area contributed by atoms with Gasteiger partial charge in [0, 0.05) is 6.04 Å². The number of alkyl halides is 1. The topological polar surface area (TPSA) is 12.0 Å². The zero-order valence-electron chi connectivity index (χ0n) is 7.44. The Hall–Kier alpha value is -0.110. The van der Waals surface area contributed by atoms with Gasteiger partial charge in [0.15, 0.2) is 0 Å². The van der Waals surface area contributed by atoms with Gasteiger partial charge in [-0.05, 0) is 31.2 Å². The van der Waals surface area contributed by atoms with Gasteiger partial charge in [-0.3, -0.25) is 4.39 Å². The Kier molecular flexibility index (Phi) is 3.31. The molecule has 0 spiro atoms. The molecule has 1 N–H and O–H groups in total. The Morgan fingerprint density at radius 3 is 2.82 bits per heavy atom. The second-order valence-corrected chi connectivity index (χ2v) is 3.85. The number of hydrogen-bond donors (Lipinski definition) is 1. The summed E-state index contributed by atoms with van der Waals surface area (Å²) >= 11 is 0. The first-order chi connectivity index (χ1) is 5.24. The minimum atomic E-state index is -0.134. The van der Waals surface area contributed by atoms with E-state index in [0.29, 0.717) is 17.9 Å². The summed E-state index contributed by atoms with van der Waals surface area (Å²) in [5, 5.41) is 3.42. The molecule has 1 nitrogen and oxygen atoms in total. The van der Waals surface area contributed by atoms with Gasteiger partial charge in [0.1, 0.15) is 0 Å². The van der Waals surface area contributed by atoms with Gasteiger partial charge in [-0.15, -0.1) is 0 Å². The highest BCUT2D eigenvalue weighted by atomic mass is 19.1. The monoisotopic (exact) mass is 159 g/mol. The number of piperidine rings is 1. The lowest BCUT2D eigenvalue weighted by Crippen LogP contribution is -2.41. The molecule has 2 atom stereocenters. The third-order valence-corrected chi connectivity index (χ3v) is 2.57. The fourth-order valence-electron chi connectivity index (χ4n) is 1.68. The second-order valence-electron chi connectivity index (χ2n) is 3.85. The highest BCUT2D eigenvalue weighted by Crippen LogP contribution is 2.20. The molecular weight excluding hydrogens is 141 g/mol. The number of rotatable bonds is 2. The fraction of sp³-hybridized carbons (Fsp3) is 1.00. The molecule has 0 aromatic carbocycles. The minimum absolute atomic E-state index is 0.134. The van der Waals surface area contributed by atoms with E-state index in [1.807, 2.05) is 0 Å². The molecule has 1 heterocycles. The van der Waals surface area contributed by atoms with Crippen molar-refractivity contribution < 1.29 is 4.39 Å². The predicted octanol–water partition coefficient (Wildman–Crippen LogP) is 1.98. The van der Waals surface area contributed by atoms with Crippen molar-refractivity contribution >= 4 is 0 Å². The highest BCUT2D eigenvalue weighted by molar-refractivity contribution is 4.79. The van der Waals surface area contributed by atoms with Crippen molar-refractivity contribution in [3.05, 3.63) is 0 Å². The standard InChI is InChI=1S/C9H18FN/c1-7(2)9-5-8(6-10)3-4-11-9/h7-9,11H,3-6H2,1-2H3. The fourth-order valence-corrected chi connectivity index (χ4v) is 1.68. The Morgan fingerprint density at radius 1 is 1.55 bits per heavy atom. The number of halogens is 1. The Balaban J connectivity index is 2.33. The third kappa shape index (κ3) is 2.44. The van der Waals surface area contributed by atoms with Crippen LogP contribution in [0.25, 0.3) is 0 Å². The summed E-state index contributed by atoms with van der Waals surface area (Å²) in [4.78, 5) is 0. The van der Waals surface area contributed by atoms with Gasteiger partial charge < -0.3 is 5.32 Å². The summed E-state index contributed by atoms with van der Waals surface area (Å²) < 4.78 is 12.3. The molecule has 0 aromatic heterocycles. The van der Waals surface area contributed by atoms with E-state index >= 15 is 0 Å². The SMILES string of the molecule is CC(C)C1CC(CF)CCN1. The summed E-state index contributed by atoms with van der Waals surface area (Å²) in [6.45, 7) is 5.25. The first-order valence-electron chi connectivity index (χ1n) is 4.53. The van der Waals surface area contributed by atoms with E-state index in [0.717, 1.165) is 19.4 Å². The molecular formula is C9H18FN. The summed E-state index contributed by atoms with van der Waals surface area (Å²) in [6, 6.07) is 0.546. The van der Waals surface area contributed by atoms with Crippen LogP contribution < -0.4 is 5.32 Å². The summed E-state index contributed by atoms with van der Waals surface area (Å²) in [5.74, 6) is 0.966. The lowest BCUT2D eigenvalue weighted by Gasteiger charge is -2.31. The van der Waals surface area contributed by atoms with Crippen LogP contribution in [-0.2, 0) is 0 Å². The van der Waals surface area contributed by atoms with Gasteiger partial charge in [0.25, 0.3) is 0 Å². The van der Waals surface area contributed by atoms with Crippen LogP contribution in [0.5, 0.6) is 0 Å². The average Bonchev–Trinajstić information content (AvgIpc) is 2.05. The molecule has 2 heteroatoms. The van der Waals surface area contributed by atoms with Crippen LogP contribution in [0.15, 0.2) is 0 Å². The Labute approximate surface area is 68.4 Å². The van der Waals surface area contributed by atoms with Gasteiger partial charge in [-0.25, -0.2) is 0 Å². The van der Waals surface area contributed by atoms with Crippen LogP contribution in [0.1, 0.15) is 26.7 Å². The maximum Gasteiger partial charge on any atom is 0.0923 e. The molecule has 0 aliphatic carbocycles. The van der Waals surface area contributed by atoms with Crippen LogP contribution in [0.3, 0.4) is 0 Å². The first-order valence-corrected chi connectivity index (χ1v) is 4.53. The van der Waals surface area contributed by atoms with Crippen molar-refractivity contribution in [2.45, 2.75) is 32.7 Å². The summed E-state index contributed by atoms with van der Waals surface area (Å²) in [5.41, 5.74) is 0. The van der Waals surface area contributed by atoms with E-state index < -0.39 is 0 Å². The summed E-state index contributed by atoms with van der Waals surface area (Å²) in [6.07, 6.45) is 2.04. The number of hydrogen-bond acceptors (Lipinski definition) is 1. The first kappa shape index (κ1) is 8.98. The van der Waals surface area contributed by atoms with E-state index in [1.54, 1.807) is 0 Å². The second kappa shape index (κ2) is 4.05. The molecule has 11 heavy (non-hydrogen) atoms. The van der Waals surface area contributed by atoms with Crippen molar-refractivity contribution in [2.75, 3.05) is 13.2 Å². The Morgan fingerprint density at radius 2 is 2.27 bits per heavy atom. The zero-order valence-corrected chi connectivity index (χ0v) is 7.44. The molecule has 0 saturated carbocycles. The van der Waals surface area contributed by atoms with E-state index in [-0.39, 0.29) is 6.67 Å². The third-order valence-electron chi connectivity index (χ3n) is 2.57. The van der Waals surface area contributed by atoms with Crippen molar-refractivity contribution in [2.24, 2.45) is 11.8 Å². The summed E-state index contributed by atoms with van der Waals surface area (Å²) in [7, 11) is 0. The molecule has 1 aliphatic rings. The molecule has 0 aromatic rings. The zero-order chi connectivity index (χ0) is 8.27. The molecule has 1 aliphatic heterocycles. The normalized spacial score (nSPS) is 32.7. The van der Waals surface area contributed by atoms with Crippen LogP contribution in [-0.4, -0.2) is 19.3 Å². The largest absolute Gasteiger partial charge is 0.314 e. The molecule has 0 amide bonds. The van der Waals surface area contributed by atoms with Gasteiger partial charge in [-0.1, -0.05) is 13.8 Å². The molecule has 1 saturated heterocycles. The van der Waals surface area contributed by atoms with E-state index in [2.05, 4.69) is 19.2 Å². The van der Waals surface area contributed by atoms with Crippen LogP contribution >= 0.6 is 0 Å². The molecule has 0 radical (unpaired) electrons. The van der Waals surface area contributed by atoms with Gasteiger partial charge in [-0.2, -0.15) is 0 Å². The van der Waals surface area contributed by atoms with Crippen molar-refractivity contribution in [1.29, 1.82) is 0 Å². The lowest BCUT2D eigenvalue weighted by molar-refractivity contribution is 0.219. The Bertz CT molecular complexity index is 114. The number of nitrogens with one attached hydrogen (secondary N) is 1. The molecule has 2 unspecified atom stereocenters. The van der Waals surface area contributed by atoms with Crippen molar-refractivity contribution in [3.63, 3.8) is 0 Å². The molecule has 1 rings (SSSR count). The molecule has 0 bridgehead atoms. The quantitative estimate of drug-likeness (QED) is 0.649. The minimum Gasteiger partial charge on any atom is -0.314 e. The van der Waals surface area contributed by atoms with Crippen LogP contribution in [0.2, 0.25) is 0 Å². The predicted molar refractivity (Wildman–Crippen MR) is 45.3 cm³/mol. The van der Waals surface area contributed by atoms with E-state index in [4.69, 9.17) is 0 Å². The van der Waals surface area contributed by atoms with E-state index in [1.165, 1.54) is 0 Å². The van der Waals surface area contributed by atoms with Crippen molar-refractivity contribution in [3.8, 4) is 0 Å². The van der Waals surface area contributed by atoms with Crippen LogP contribution in [0, 0.1) is 11.8 Å². The van der Waals surface area contributed by atoms with Crippen LogP contribution in [0.4, 0.5) is 4.39 Å². The molecule has 1 fully saturated rings. The maximum atomic E-state index is 12.3. The van der Waals surface area contributed by atoms with Gasteiger partial charge in [0.05, 0.1) is 6.67 Å². The highest BCUT2D eigenvalue weighted by Gasteiger charge is 2.22. The van der Waals surface area contributed by atoms with Gasteiger partial charge >= 0.3 is 0 Å². The van der Waals surface area contributed by atoms with Gasteiger partial charge in [0.2, 0.25) is 0 Å². The van der Waals surface area contributed by atoms with E-state index in [9.17, 15) is 4.39 Å². The maximum absolute atomic E-state index is 12.3. The van der Waals surface area contributed by atoms with Crippen molar-refractivity contribution in [1.82, 2.24) is 5.32 Å². The molecule has 66 valence electrons. The lowest BCUT2D eigenvalue weighted by atomic mass is 9.88. The average molecular weight is 159 g/mol. The smallest absolute Gasteiger partial charge is 0.0923 e.